The lowest BCUT2D eigenvalue weighted by Gasteiger charge is -2.23. The van der Waals surface area contributed by atoms with Crippen molar-refractivity contribution in [1.29, 1.82) is 0 Å². The fourth-order valence-electron chi connectivity index (χ4n) is 2.56. The van der Waals surface area contributed by atoms with Crippen LogP contribution in [0.25, 0.3) is 0 Å². The highest BCUT2D eigenvalue weighted by atomic mass is 35.5. The number of carbonyl (C=O) groups excluding carboxylic acids is 1. The van der Waals surface area contributed by atoms with E-state index in [1.54, 1.807) is 18.2 Å². The molecule has 0 radical (unpaired) electrons. The van der Waals surface area contributed by atoms with E-state index < -0.39 is 11.6 Å². The molecule has 0 aliphatic carbocycles. The molecular formula is C15H20ClN3O3. The second kappa shape index (κ2) is 6.98. The van der Waals surface area contributed by atoms with E-state index in [-0.39, 0.29) is 12.5 Å². The van der Waals surface area contributed by atoms with E-state index in [2.05, 4.69) is 16.0 Å². The molecule has 0 bridgehead atoms. The largest absolute Gasteiger partial charge is 0.465 e. The van der Waals surface area contributed by atoms with Crippen molar-refractivity contribution in [3.05, 3.63) is 34.3 Å². The van der Waals surface area contributed by atoms with Gasteiger partial charge in [0.1, 0.15) is 0 Å². The number of rotatable bonds is 5. The van der Waals surface area contributed by atoms with Crippen molar-refractivity contribution in [3.8, 4) is 0 Å². The molecule has 1 atom stereocenters. The minimum atomic E-state index is -1.09. The Morgan fingerprint density at radius 2 is 2.05 bits per heavy atom. The van der Waals surface area contributed by atoms with Gasteiger partial charge in [0.2, 0.25) is 5.91 Å². The van der Waals surface area contributed by atoms with Gasteiger partial charge < -0.3 is 21.1 Å². The Balaban J connectivity index is 2.03. The third kappa shape index (κ3) is 4.11. The fraction of sp³-hybridized carbons (Fsp3) is 0.467. The van der Waals surface area contributed by atoms with Crippen LogP contribution in [0, 0.1) is 0 Å². The monoisotopic (exact) mass is 325 g/mol. The second-order valence-corrected chi connectivity index (χ2v) is 6.05. The number of carboxylic acid groups (broad SMARTS) is 1. The zero-order chi connectivity index (χ0) is 16.2. The van der Waals surface area contributed by atoms with Crippen molar-refractivity contribution in [2.45, 2.75) is 38.4 Å². The van der Waals surface area contributed by atoms with Crippen LogP contribution in [0.15, 0.2) is 18.2 Å². The zero-order valence-corrected chi connectivity index (χ0v) is 13.2. The van der Waals surface area contributed by atoms with Crippen molar-refractivity contribution in [2.24, 2.45) is 0 Å². The summed E-state index contributed by atoms with van der Waals surface area (Å²) in [5, 5.41) is 17.7. The normalized spacial score (nSPS) is 20.6. The highest BCUT2D eigenvalue weighted by molar-refractivity contribution is 6.30. The van der Waals surface area contributed by atoms with Crippen LogP contribution in [0.1, 0.15) is 30.9 Å². The molecule has 1 aliphatic rings. The summed E-state index contributed by atoms with van der Waals surface area (Å²) >= 11 is 5.99. The summed E-state index contributed by atoms with van der Waals surface area (Å²) in [6.45, 7) is 3.22. The highest BCUT2D eigenvalue weighted by Crippen LogP contribution is 2.20. The van der Waals surface area contributed by atoms with Crippen molar-refractivity contribution >= 4 is 23.6 Å². The van der Waals surface area contributed by atoms with Crippen molar-refractivity contribution in [2.75, 3.05) is 6.54 Å². The number of halogens is 1. The number of carbonyl (C=O) groups is 2. The first-order chi connectivity index (χ1) is 10.4. The lowest BCUT2D eigenvalue weighted by atomic mass is 9.99. The molecule has 1 saturated heterocycles. The van der Waals surface area contributed by atoms with Crippen LogP contribution in [0.4, 0.5) is 4.79 Å². The summed E-state index contributed by atoms with van der Waals surface area (Å²) < 4.78 is 0. The molecule has 120 valence electrons. The Hall–Kier alpha value is -1.79. The second-order valence-electron chi connectivity index (χ2n) is 5.62. The molecular weight excluding hydrogens is 306 g/mol. The topological polar surface area (TPSA) is 90.5 Å². The van der Waals surface area contributed by atoms with Gasteiger partial charge in [-0.3, -0.25) is 4.79 Å². The Morgan fingerprint density at radius 1 is 1.32 bits per heavy atom. The van der Waals surface area contributed by atoms with E-state index in [4.69, 9.17) is 16.7 Å². The maximum Gasteiger partial charge on any atom is 0.404 e. The first kappa shape index (κ1) is 16.6. The van der Waals surface area contributed by atoms with Crippen molar-refractivity contribution in [3.63, 3.8) is 0 Å². The number of benzene rings is 1. The first-order valence-corrected chi connectivity index (χ1v) is 7.56. The van der Waals surface area contributed by atoms with Gasteiger partial charge in [-0.1, -0.05) is 17.7 Å². The molecule has 1 unspecified atom stereocenters. The molecule has 7 heteroatoms. The van der Waals surface area contributed by atoms with Gasteiger partial charge in [-0.15, -0.1) is 0 Å². The predicted octanol–water partition coefficient (Wildman–Crippen LogP) is 1.87. The summed E-state index contributed by atoms with van der Waals surface area (Å²) in [7, 11) is 0. The van der Waals surface area contributed by atoms with E-state index in [0.717, 1.165) is 30.5 Å². The Bertz CT molecular complexity index is 571. The summed E-state index contributed by atoms with van der Waals surface area (Å²) in [5.74, 6) is -0.0536. The third-order valence-corrected chi connectivity index (χ3v) is 4.14. The minimum absolute atomic E-state index is 0.0536. The van der Waals surface area contributed by atoms with E-state index in [1.807, 2.05) is 6.92 Å². The quantitative estimate of drug-likeness (QED) is 0.665. The van der Waals surface area contributed by atoms with Crippen LogP contribution < -0.4 is 16.0 Å². The molecule has 1 aromatic rings. The standard InChI is InChI=1S/C15H20ClN3O3/c1-15(5-2-6-19-15)13(20)17-9-11-7-12(16)4-3-10(11)8-18-14(21)22/h3-4,7,18-19H,2,5-6,8-9H2,1H3,(H,17,20)(H,21,22). The molecule has 22 heavy (non-hydrogen) atoms. The molecule has 1 aliphatic heterocycles. The van der Waals surface area contributed by atoms with Gasteiger partial charge in [-0.25, -0.2) is 4.79 Å². The maximum absolute atomic E-state index is 12.3. The Morgan fingerprint density at radius 3 is 2.68 bits per heavy atom. The predicted molar refractivity (Wildman–Crippen MR) is 83.8 cm³/mol. The molecule has 1 aromatic carbocycles. The fourth-order valence-corrected chi connectivity index (χ4v) is 2.76. The van der Waals surface area contributed by atoms with Gasteiger partial charge in [-0.05, 0) is 49.6 Å². The minimum Gasteiger partial charge on any atom is -0.465 e. The summed E-state index contributed by atoms with van der Waals surface area (Å²) in [6.07, 6.45) is 0.698. The number of hydrogen-bond donors (Lipinski definition) is 4. The molecule has 2 rings (SSSR count). The van der Waals surface area contributed by atoms with E-state index in [9.17, 15) is 9.59 Å². The van der Waals surface area contributed by atoms with Crippen LogP contribution in [0.5, 0.6) is 0 Å². The number of hydrogen-bond acceptors (Lipinski definition) is 3. The Labute approximate surface area is 134 Å². The van der Waals surface area contributed by atoms with Crippen LogP contribution in [0.2, 0.25) is 5.02 Å². The zero-order valence-electron chi connectivity index (χ0n) is 12.4. The summed E-state index contributed by atoms with van der Waals surface area (Å²) in [6, 6.07) is 5.20. The average molecular weight is 326 g/mol. The van der Waals surface area contributed by atoms with Crippen molar-refractivity contribution in [1.82, 2.24) is 16.0 Å². The van der Waals surface area contributed by atoms with E-state index in [1.165, 1.54) is 0 Å². The van der Waals surface area contributed by atoms with Gasteiger partial charge >= 0.3 is 6.09 Å². The molecule has 0 saturated carbocycles. The summed E-state index contributed by atoms with van der Waals surface area (Å²) in [4.78, 5) is 22.9. The number of amides is 2. The molecule has 0 aromatic heterocycles. The third-order valence-electron chi connectivity index (χ3n) is 3.91. The smallest absolute Gasteiger partial charge is 0.404 e. The molecule has 1 fully saturated rings. The van der Waals surface area contributed by atoms with Gasteiger partial charge in [0.25, 0.3) is 0 Å². The molecule has 4 N–H and O–H groups in total. The van der Waals surface area contributed by atoms with Gasteiger partial charge in [0.15, 0.2) is 0 Å². The van der Waals surface area contributed by atoms with Gasteiger partial charge in [0, 0.05) is 18.1 Å². The highest BCUT2D eigenvalue weighted by Gasteiger charge is 2.35. The maximum atomic E-state index is 12.3. The SMILES string of the molecule is CC1(C(=O)NCc2cc(Cl)ccc2CNC(=O)O)CCCN1. The molecule has 1 heterocycles. The molecule has 6 nitrogen and oxygen atoms in total. The van der Waals surface area contributed by atoms with E-state index >= 15 is 0 Å². The first-order valence-electron chi connectivity index (χ1n) is 7.18. The lowest BCUT2D eigenvalue weighted by Crippen LogP contribution is -2.50. The van der Waals surface area contributed by atoms with Crippen molar-refractivity contribution < 1.29 is 14.7 Å². The van der Waals surface area contributed by atoms with Gasteiger partial charge in [-0.2, -0.15) is 0 Å². The Kier molecular flexibility index (Phi) is 5.26. The van der Waals surface area contributed by atoms with Gasteiger partial charge in [0.05, 0.1) is 5.54 Å². The van der Waals surface area contributed by atoms with E-state index in [0.29, 0.717) is 11.6 Å². The van der Waals surface area contributed by atoms with Crippen LogP contribution >= 0.6 is 11.6 Å². The average Bonchev–Trinajstić information content (AvgIpc) is 2.91. The summed E-state index contributed by atoms with van der Waals surface area (Å²) in [5.41, 5.74) is 1.06. The molecule has 0 spiro atoms. The van der Waals surface area contributed by atoms with Crippen LogP contribution in [0.3, 0.4) is 0 Å². The molecule has 2 amide bonds. The number of nitrogens with one attached hydrogen (secondary N) is 3. The van der Waals surface area contributed by atoms with Crippen LogP contribution in [-0.2, 0) is 17.9 Å². The lowest BCUT2D eigenvalue weighted by molar-refractivity contribution is -0.126. The van der Waals surface area contributed by atoms with Crippen LogP contribution in [-0.4, -0.2) is 29.2 Å².